The number of halogens is 2. The molecule has 3 aliphatic rings. The molecule has 0 radical (unpaired) electrons. The van der Waals surface area contributed by atoms with E-state index in [1.807, 2.05) is 34.7 Å². The first kappa shape index (κ1) is 30.3. The molecule has 8 rings (SSSR count). The maximum atomic E-state index is 15.3. The molecule has 48 heavy (non-hydrogen) atoms. The van der Waals surface area contributed by atoms with E-state index in [-0.39, 0.29) is 34.9 Å². The topological polar surface area (TPSA) is 130 Å². The molecule has 1 aliphatic heterocycles. The highest BCUT2D eigenvalue weighted by Gasteiger charge is 2.47. The van der Waals surface area contributed by atoms with Crippen LogP contribution in [0.4, 0.5) is 19.3 Å². The van der Waals surface area contributed by atoms with Crippen LogP contribution in [0.3, 0.4) is 0 Å². The van der Waals surface area contributed by atoms with Crippen molar-refractivity contribution in [1.29, 1.82) is 0 Å². The number of imidazole rings is 1. The summed E-state index contributed by atoms with van der Waals surface area (Å²) < 4.78 is 44.6. The fraction of sp³-hybridized carbons (Fsp3) is 0.371. The number of aromatic nitrogens is 4. The first-order valence-electron chi connectivity index (χ1n) is 16.1. The van der Waals surface area contributed by atoms with Crippen LogP contribution in [0.5, 0.6) is 5.75 Å². The van der Waals surface area contributed by atoms with Crippen LogP contribution in [-0.4, -0.2) is 68.9 Å². The molecule has 3 aromatic heterocycles. The predicted molar refractivity (Wildman–Crippen MR) is 176 cm³/mol. The second-order valence-corrected chi connectivity index (χ2v) is 13.1. The lowest BCUT2D eigenvalue weighted by Crippen LogP contribution is -2.41. The minimum Gasteiger partial charge on any atom is -0.494 e. The number of ether oxygens (including phenoxy) is 2. The molecule has 2 bridgehead atoms. The minimum absolute atomic E-state index is 0.0157. The summed E-state index contributed by atoms with van der Waals surface area (Å²) in [4.78, 5) is 37.1. The number of anilines is 1. The largest absolute Gasteiger partial charge is 0.494 e. The van der Waals surface area contributed by atoms with Crippen LogP contribution in [0, 0.1) is 23.5 Å². The summed E-state index contributed by atoms with van der Waals surface area (Å²) in [6.45, 7) is 1.34. The van der Waals surface area contributed by atoms with Crippen molar-refractivity contribution in [3.05, 3.63) is 59.7 Å². The average molecular weight is 656 g/mol. The van der Waals surface area contributed by atoms with E-state index in [2.05, 4.69) is 14.6 Å². The third kappa shape index (κ3) is 4.78. The van der Waals surface area contributed by atoms with E-state index >= 15 is 4.39 Å². The van der Waals surface area contributed by atoms with Gasteiger partial charge in [-0.1, -0.05) is 0 Å². The lowest BCUT2D eigenvalue weighted by atomic mass is 10.1. The zero-order valence-corrected chi connectivity index (χ0v) is 26.8. The number of likely N-dealkylation sites (tertiary alicyclic amines) is 1. The summed E-state index contributed by atoms with van der Waals surface area (Å²) in [7, 11) is 4.63. The smallest absolute Gasteiger partial charge is 0.411 e. The first-order chi connectivity index (χ1) is 23.2. The van der Waals surface area contributed by atoms with Gasteiger partial charge in [-0.2, -0.15) is 0 Å². The maximum Gasteiger partial charge on any atom is 0.411 e. The molecule has 3 atom stereocenters. The van der Waals surface area contributed by atoms with Crippen LogP contribution >= 0.6 is 0 Å². The van der Waals surface area contributed by atoms with Gasteiger partial charge in [0.15, 0.2) is 17.5 Å². The quantitative estimate of drug-likeness (QED) is 0.230. The van der Waals surface area contributed by atoms with Gasteiger partial charge in [0.2, 0.25) is 0 Å². The summed E-state index contributed by atoms with van der Waals surface area (Å²) in [6.07, 6.45) is 3.23. The van der Waals surface area contributed by atoms with Gasteiger partial charge in [0.1, 0.15) is 16.9 Å². The number of methoxy groups -OCH3 is 2. The SMILES string of the molecule is COC(=O)Nc1ccc(-c2ccc3cc(-c4nc5cc(C(=O)N6CC7CCC6C7N)cc(OC)c5n4C)n(CC4CC4)c3n2)c(F)c1F. The van der Waals surface area contributed by atoms with Gasteiger partial charge in [0.25, 0.3) is 5.91 Å². The zero-order chi connectivity index (χ0) is 33.4. The van der Waals surface area contributed by atoms with Gasteiger partial charge < -0.3 is 29.2 Å². The average Bonchev–Trinajstić information content (AvgIpc) is 3.50. The zero-order valence-electron chi connectivity index (χ0n) is 26.8. The van der Waals surface area contributed by atoms with E-state index in [1.54, 1.807) is 19.2 Å². The van der Waals surface area contributed by atoms with Gasteiger partial charge in [-0.15, -0.1) is 0 Å². The number of piperidine rings is 1. The number of nitrogens with two attached hydrogens (primary N) is 1. The van der Waals surface area contributed by atoms with E-state index in [9.17, 15) is 14.0 Å². The summed E-state index contributed by atoms with van der Waals surface area (Å²) in [6, 6.07) is 11.8. The molecule has 1 saturated heterocycles. The molecule has 0 spiro atoms. The highest BCUT2D eigenvalue weighted by atomic mass is 19.2. The number of aryl methyl sites for hydroxylation is 1. The third-order valence-electron chi connectivity index (χ3n) is 10.2. The van der Waals surface area contributed by atoms with Crippen molar-refractivity contribution in [3.8, 4) is 28.5 Å². The number of hydrogen-bond donors (Lipinski definition) is 2. The molecule has 2 aromatic carbocycles. The lowest BCUT2D eigenvalue weighted by Gasteiger charge is -2.27. The van der Waals surface area contributed by atoms with Crippen molar-refractivity contribution in [2.45, 2.75) is 44.3 Å². The molecule has 11 nitrogen and oxygen atoms in total. The number of hydrogen-bond acceptors (Lipinski definition) is 7. The second-order valence-electron chi connectivity index (χ2n) is 13.1. The van der Waals surface area contributed by atoms with E-state index < -0.39 is 17.7 Å². The van der Waals surface area contributed by atoms with Crippen LogP contribution < -0.4 is 15.8 Å². The minimum atomic E-state index is -1.21. The molecule has 4 heterocycles. The molecule has 13 heteroatoms. The van der Waals surface area contributed by atoms with Crippen molar-refractivity contribution in [1.82, 2.24) is 24.0 Å². The highest BCUT2D eigenvalue weighted by molar-refractivity contribution is 6.00. The van der Waals surface area contributed by atoms with Crippen molar-refractivity contribution >= 4 is 39.8 Å². The molecule has 2 aliphatic carbocycles. The number of benzene rings is 2. The Bertz CT molecular complexity index is 2140. The van der Waals surface area contributed by atoms with Gasteiger partial charge in [0.05, 0.1) is 36.8 Å². The number of rotatable bonds is 7. The third-order valence-corrected chi connectivity index (χ3v) is 10.2. The van der Waals surface area contributed by atoms with Crippen molar-refractivity contribution < 1.29 is 27.8 Å². The van der Waals surface area contributed by atoms with Crippen LogP contribution in [0.15, 0.2) is 42.5 Å². The summed E-state index contributed by atoms with van der Waals surface area (Å²) >= 11 is 0. The van der Waals surface area contributed by atoms with Crippen molar-refractivity contribution in [3.63, 3.8) is 0 Å². The van der Waals surface area contributed by atoms with Crippen LogP contribution in [0.25, 0.3) is 44.8 Å². The Balaban J connectivity index is 1.21. The predicted octanol–water partition coefficient (Wildman–Crippen LogP) is 5.69. The molecular weight excluding hydrogens is 620 g/mol. The number of nitrogens with zero attached hydrogens (tertiary/aromatic N) is 5. The van der Waals surface area contributed by atoms with Crippen LogP contribution in [0.1, 0.15) is 36.0 Å². The molecule has 2 amide bonds. The van der Waals surface area contributed by atoms with E-state index in [0.29, 0.717) is 53.2 Å². The molecule has 248 valence electrons. The van der Waals surface area contributed by atoms with Crippen molar-refractivity contribution in [2.24, 2.45) is 24.6 Å². The number of fused-ring (bicyclic) bond motifs is 4. The van der Waals surface area contributed by atoms with Gasteiger partial charge in [-0.25, -0.2) is 23.5 Å². The molecule has 3 fully saturated rings. The molecule has 3 unspecified atom stereocenters. The number of carbonyl (C=O) groups excluding carboxylic acids is 2. The fourth-order valence-electron chi connectivity index (χ4n) is 7.48. The number of pyridine rings is 1. The Labute approximate surface area is 274 Å². The van der Waals surface area contributed by atoms with Gasteiger partial charge >= 0.3 is 6.09 Å². The van der Waals surface area contributed by atoms with E-state index in [1.165, 1.54) is 12.1 Å². The molecule has 2 saturated carbocycles. The molecule has 3 N–H and O–H groups in total. The van der Waals surface area contributed by atoms with Crippen molar-refractivity contribution in [2.75, 3.05) is 26.1 Å². The second kappa shape index (κ2) is 11.3. The van der Waals surface area contributed by atoms with Gasteiger partial charge in [-0.3, -0.25) is 10.1 Å². The number of amides is 2. The molecular formula is C35H35F2N7O4. The standard InChI is InChI=1S/C35H35F2N7O4/c1-42-31-24(12-20(14-27(31)47-2)34(45)44-16-19-7-11-25(44)30(19)38)40-33(42)26-13-18-6-9-22(39-32(18)43(26)15-17-4-5-17)21-8-10-23(29(37)28(21)36)41-35(46)48-3/h6,8-10,12-14,17,19,25,30H,4-5,7,11,15-16,38H2,1-3H3,(H,41,46). The summed E-state index contributed by atoms with van der Waals surface area (Å²) in [5, 5.41) is 2.99. The Morgan fingerprint density at radius 3 is 2.52 bits per heavy atom. The van der Waals surface area contributed by atoms with Gasteiger partial charge in [-0.05, 0) is 80.0 Å². The maximum absolute atomic E-state index is 15.3. The monoisotopic (exact) mass is 655 g/mol. The fourth-order valence-corrected chi connectivity index (χ4v) is 7.48. The van der Waals surface area contributed by atoms with Crippen LogP contribution in [0.2, 0.25) is 0 Å². The first-order valence-corrected chi connectivity index (χ1v) is 16.1. The number of nitrogens with one attached hydrogen (secondary N) is 1. The Kier molecular flexibility index (Phi) is 7.13. The Hall–Kier alpha value is -5.04. The Morgan fingerprint density at radius 1 is 1.02 bits per heavy atom. The summed E-state index contributed by atoms with van der Waals surface area (Å²) in [5.41, 5.74) is 9.58. The van der Waals surface area contributed by atoms with E-state index in [4.69, 9.17) is 20.4 Å². The normalized spacial score (nSPS) is 20.2. The Morgan fingerprint density at radius 2 is 1.83 bits per heavy atom. The summed E-state index contributed by atoms with van der Waals surface area (Å²) in [5.74, 6) is -0.412. The number of carbonyl (C=O) groups is 2. The van der Waals surface area contributed by atoms with E-state index in [0.717, 1.165) is 49.4 Å². The van der Waals surface area contributed by atoms with Crippen LogP contribution in [-0.2, 0) is 18.3 Å². The molecule has 5 aromatic rings. The highest BCUT2D eigenvalue weighted by Crippen LogP contribution is 2.40. The van der Waals surface area contributed by atoms with Gasteiger partial charge in [0, 0.05) is 48.7 Å². The lowest BCUT2D eigenvalue weighted by molar-refractivity contribution is 0.0700.